The van der Waals surface area contributed by atoms with Crippen LogP contribution in [0.1, 0.15) is 18.1 Å². The summed E-state index contributed by atoms with van der Waals surface area (Å²) >= 11 is 0. The van der Waals surface area contributed by atoms with E-state index in [0.717, 1.165) is 57.8 Å². The molecule has 1 aliphatic heterocycles. The minimum atomic E-state index is -0.383. The zero-order valence-electron chi connectivity index (χ0n) is 10.9. The smallest absolute Gasteiger partial charge is 0.0931 e. The Morgan fingerprint density at radius 1 is 1.28 bits per heavy atom. The number of aliphatic hydroxyl groups is 1. The van der Waals surface area contributed by atoms with E-state index in [1.54, 1.807) is 0 Å². The number of hydrogen-bond donors (Lipinski definition) is 3. The molecule has 1 saturated heterocycles. The van der Waals surface area contributed by atoms with Crippen LogP contribution in [0.5, 0.6) is 0 Å². The van der Waals surface area contributed by atoms with E-state index in [9.17, 15) is 5.11 Å². The lowest BCUT2D eigenvalue weighted by atomic mass is 10.1. The van der Waals surface area contributed by atoms with Crippen LogP contribution in [0.25, 0.3) is 0 Å². The van der Waals surface area contributed by atoms with Gasteiger partial charge in [-0.3, -0.25) is 4.90 Å². The first kappa shape index (κ1) is 13.5. The maximum atomic E-state index is 10.1. The molecule has 2 heterocycles. The topological polar surface area (TPSA) is 68.5 Å². The third-order valence-corrected chi connectivity index (χ3v) is 3.58. The number of nitrogens with zero attached hydrogens (tertiary/aromatic N) is 2. The van der Waals surface area contributed by atoms with Crippen LogP contribution in [0.3, 0.4) is 0 Å². The quantitative estimate of drug-likeness (QED) is 0.667. The molecule has 0 radical (unpaired) electrons. The van der Waals surface area contributed by atoms with Crippen molar-refractivity contribution in [3.63, 3.8) is 0 Å². The number of rotatable bonds is 6. The van der Waals surface area contributed by atoms with Crippen molar-refractivity contribution in [2.45, 2.75) is 12.5 Å². The second-order valence-corrected chi connectivity index (χ2v) is 4.94. The van der Waals surface area contributed by atoms with E-state index >= 15 is 0 Å². The first-order valence-electron chi connectivity index (χ1n) is 6.75. The summed E-state index contributed by atoms with van der Waals surface area (Å²) in [7, 11) is 0. The number of nitrogens with one attached hydrogen (secondary N) is 1. The molecule has 5 nitrogen and oxygen atoms in total. The number of hydrogen-bond acceptors (Lipinski definition) is 4. The molecule has 0 aromatic carbocycles. The fourth-order valence-electron chi connectivity index (χ4n) is 2.40. The van der Waals surface area contributed by atoms with Gasteiger partial charge in [0, 0.05) is 45.1 Å². The third kappa shape index (κ3) is 3.81. The minimum absolute atomic E-state index is 0.383. The van der Waals surface area contributed by atoms with E-state index < -0.39 is 0 Å². The van der Waals surface area contributed by atoms with E-state index in [0.29, 0.717) is 0 Å². The van der Waals surface area contributed by atoms with Gasteiger partial charge in [0.15, 0.2) is 0 Å². The van der Waals surface area contributed by atoms with Gasteiger partial charge < -0.3 is 20.7 Å². The minimum Gasteiger partial charge on any atom is -0.387 e. The Labute approximate surface area is 109 Å². The molecule has 0 bridgehead atoms. The molecule has 1 unspecified atom stereocenters. The van der Waals surface area contributed by atoms with Crippen molar-refractivity contribution in [2.24, 2.45) is 5.73 Å². The van der Waals surface area contributed by atoms with Gasteiger partial charge in [0.25, 0.3) is 0 Å². The summed E-state index contributed by atoms with van der Waals surface area (Å²) in [5, 5.41) is 10.1. The Balaban J connectivity index is 1.70. The van der Waals surface area contributed by atoms with Crippen molar-refractivity contribution in [2.75, 3.05) is 45.8 Å². The molecule has 0 amide bonds. The molecular formula is C13H24N4O. The van der Waals surface area contributed by atoms with Crippen molar-refractivity contribution in [1.29, 1.82) is 0 Å². The van der Waals surface area contributed by atoms with Gasteiger partial charge in [0.05, 0.1) is 6.10 Å². The number of aromatic nitrogens is 1. The standard InChI is InChI=1S/C13H24N4O/c14-3-1-5-16-6-8-17(9-7-16)11-13(18)12-2-4-15-10-12/h2,4,10,13,15,18H,1,3,5-9,11,14H2. The number of aliphatic hydroxyl groups excluding tert-OH is 1. The number of β-amino-alcohol motifs (C(OH)–C–C–N with tert-alkyl or cyclic N) is 1. The molecule has 102 valence electrons. The second-order valence-electron chi connectivity index (χ2n) is 4.94. The molecule has 1 aliphatic rings. The van der Waals surface area contributed by atoms with Gasteiger partial charge in [-0.05, 0) is 31.1 Å². The number of piperazine rings is 1. The average Bonchev–Trinajstić information content (AvgIpc) is 2.92. The molecule has 0 saturated carbocycles. The lowest BCUT2D eigenvalue weighted by Crippen LogP contribution is -2.47. The van der Waals surface area contributed by atoms with Gasteiger partial charge in [0.1, 0.15) is 0 Å². The van der Waals surface area contributed by atoms with Crippen LogP contribution in [0.2, 0.25) is 0 Å². The normalized spacial score (nSPS) is 20.1. The molecule has 4 N–H and O–H groups in total. The van der Waals surface area contributed by atoms with Crippen LogP contribution < -0.4 is 5.73 Å². The summed E-state index contributed by atoms with van der Waals surface area (Å²) in [4.78, 5) is 7.76. The highest BCUT2D eigenvalue weighted by Crippen LogP contribution is 2.14. The molecule has 1 aromatic heterocycles. The van der Waals surface area contributed by atoms with Crippen LogP contribution in [0, 0.1) is 0 Å². The molecule has 18 heavy (non-hydrogen) atoms. The molecule has 1 aromatic rings. The molecule has 1 fully saturated rings. The summed E-state index contributed by atoms with van der Waals surface area (Å²) in [6.07, 6.45) is 4.41. The van der Waals surface area contributed by atoms with Crippen LogP contribution in [0.4, 0.5) is 0 Å². The monoisotopic (exact) mass is 252 g/mol. The van der Waals surface area contributed by atoms with Crippen molar-refractivity contribution in [1.82, 2.24) is 14.8 Å². The number of nitrogens with two attached hydrogens (primary N) is 1. The SMILES string of the molecule is NCCCN1CCN(CC(O)c2cc[nH]c2)CC1. The largest absolute Gasteiger partial charge is 0.387 e. The Hall–Kier alpha value is -0.880. The first-order valence-corrected chi connectivity index (χ1v) is 6.75. The third-order valence-electron chi connectivity index (χ3n) is 3.58. The van der Waals surface area contributed by atoms with Gasteiger partial charge >= 0.3 is 0 Å². The molecular weight excluding hydrogens is 228 g/mol. The molecule has 0 aliphatic carbocycles. The van der Waals surface area contributed by atoms with Gasteiger partial charge in [0.2, 0.25) is 0 Å². The Morgan fingerprint density at radius 2 is 2.00 bits per heavy atom. The van der Waals surface area contributed by atoms with Crippen molar-refractivity contribution < 1.29 is 5.11 Å². The van der Waals surface area contributed by atoms with Crippen LogP contribution in [0.15, 0.2) is 18.5 Å². The molecule has 5 heteroatoms. The second kappa shape index (κ2) is 6.89. The van der Waals surface area contributed by atoms with Crippen LogP contribution in [-0.2, 0) is 0 Å². The summed E-state index contributed by atoms with van der Waals surface area (Å²) in [6, 6.07) is 1.93. The fourth-order valence-corrected chi connectivity index (χ4v) is 2.40. The summed E-state index contributed by atoms with van der Waals surface area (Å²) in [6.45, 7) is 6.83. The average molecular weight is 252 g/mol. The number of H-pyrrole nitrogens is 1. The summed E-state index contributed by atoms with van der Waals surface area (Å²) in [5.41, 5.74) is 6.49. The Morgan fingerprint density at radius 3 is 2.61 bits per heavy atom. The first-order chi connectivity index (χ1) is 8.79. The van der Waals surface area contributed by atoms with E-state index in [-0.39, 0.29) is 6.10 Å². The Bertz CT molecular complexity index is 320. The van der Waals surface area contributed by atoms with Gasteiger partial charge in [-0.15, -0.1) is 0 Å². The predicted octanol–water partition coefficient (Wildman–Crippen LogP) is 0.0145. The molecule has 2 rings (SSSR count). The molecule has 1 atom stereocenters. The molecule has 0 spiro atoms. The predicted molar refractivity (Wildman–Crippen MR) is 72.3 cm³/mol. The lowest BCUT2D eigenvalue weighted by Gasteiger charge is -2.35. The highest BCUT2D eigenvalue weighted by molar-refractivity contribution is 5.12. The zero-order valence-corrected chi connectivity index (χ0v) is 10.9. The van der Waals surface area contributed by atoms with E-state index in [2.05, 4.69) is 14.8 Å². The van der Waals surface area contributed by atoms with Gasteiger partial charge in [-0.25, -0.2) is 0 Å². The maximum Gasteiger partial charge on any atom is 0.0931 e. The summed E-state index contributed by atoms with van der Waals surface area (Å²) in [5.74, 6) is 0. The summed E-state index contributed by atoms with van der Waals surface area (Å²) < 4.78 is 0. The van der Waals surface area contributed by atoms with E-state index in [1.165, 1.54) is 0 Å². The highest BCUT2D eigenvalue weighted by Gasteiger charge is 2.19. The van der Waals surface area contributed by atoms with Crippen LogP contribution in [-0.4, -0.2) is 65.7 Å². The Kier molecular flexibility index (Phi) is 5.19. The van der Waals surface area contributed by atoms with E-state index in [1.807, 2.05) is 18.5 Å². The highest BCUT2D eigenvalue weighted by atomic mass is 16.3. The lowest BCUT2D eigenvalue weighted by molar-refractivity contribution is 0.0725. The van der Waals surface area contributed by atoms with Crippen molar-refractivity contribution >= 4 is 0 Å². The van der Waals surface area contributed by atoms with Gasteiger partial charge in [-0.2, -0.15) is 0 Å². The van der Waals surface area contributed by atoms with E-state index in [4.69, 9.17) is 5.73 Å². The van der Waals surface area contributed by atoms with Crippen molar-refractivity contribution in [3.8, 4) is 0 Å². The zero-order chi connectivity index (χ0) is 12.8. The van der Waals surface area contributed by atoms with Crippen molar-refractivity contribution in [3.05, 3.63) is 24.0 Å². The fraction of sp³-hybridized carbons (Fsp3) is 0.692. The van der Waals surface area contributed by atoms with Gasteiger partial charge in [-0.1, -0.05) is 0 Å². The maximum absolute atomic E-state index is 10.1. The number of aromatic amines is 1. The van der Waals surface area contributed by atoms with Crippen LogP contribution >= 0.6 is 0 Å².